The molecule has 0 radical (unpaired) electrons. The van der Waals surface area contributed by atoms with Gasteiger partial charge in [0, 0.05) is 30.8 Å². The molecule has 1 fully saturated rings. The lowest BCUT2D eigenvalue weighted by Gasteiger charge is -2.28. The van der Waals surface area contributed by atoms with Gasteiger partial charge < -0.3 is 19.9 Å². The van der Waals surface area contributed by atoms with E-state index in [9.17, 15) is 4.79 Å². The Balaban J connectivity index is 1.87. The first-order chi connectivity index (χ1) is 12.6. The van der Waals surface area contributed by atoms with E-state index in [4.69, 9.17) is 17.0 Å². The first-order valence-corrected chi connectivity index (χ1v) is 9.80. The van der Waals surface area contributed by atoms with Crippen molar-refractivity contribution in [1.82, 2.24) is 15.2 Å². The Morgan fingerprint density at radius 2 is 2.23 bits per heavy atom. The molecule has 3 rings (SSSR count). The maximum atomic E-state index is 12.6. The Bertz CT molecular complexity index is 827. The van der Waals surface area contributed by atoms with Crippen molar-refractivity contribution < 1.29 is 4.74 Å². The molecule has 26 heavy (non-hydrogen) atoms. The van der Waals surface area contributed by atoms with Crippen LogP contribution in [0, 0.1) is 0 Å². The van der Waals surface area contributed by atoms with Crippen molar-refractivity contribution in [1.29, 1.82) is 0 Å². The van der Waals surface area contributed by atoms with Gasteiger partial charge in [-0.2, -0.15) is 0 Å². The van der Waals surface area contributed by atoms with Crippen LogP contribution < -0.4 is 10.9 Å². The van der Waals surface area contributed by atoms with Gasteiger partial charge in [-0.25, -0.2) is 0 Å². The molecular formula is C20H27N3O2S. The number of benzene rings is 1. The van der Waals surface area contributed by atoms with Gasteiger partial charge in [-0.3, -0.25) is 4.79 Å². The molecule has 0 aliphatic carbocycles. The van der Waals surface area contributed by atoms with E-state index in [1.807, 2.05) is 19.1 Å². The number of hydrogen-bond acceptors (Lipinski definition) is 3. The van der Waals surface area contributed by atoms with Crippen molar-refractivity contribution in [3.8, 4) is 0 Å². The number of H-pyrrole nitrogens is 1. The first-order valence-electron chi connectivity index (χ1n) is 9.40. The molecule has 1 unspecified atom stereocenters. The van der Waals surface area contributed by atoms with Crippen molar-refractivity contribution in [2.24, 2.45) is 0 Å². The summed E-state index contributed by atoms with van der Waals surface area (Å²) in [6.45, 7) is 6.90. The van der Waals surface area contributed by atoms with Crippen LogP contribution in [-0.2, 0) is 17.7 Å². The monoisotopic (exact) mass is 373 g/mol. The van der Waals surface area contributed by atoms with E-state index in [0.29, 0.717) is 18.2 Å². The second kappa shape index (κ2) is 8.64. The van der Waals surface area contributed by atoms with Crippen molar-refractivity contribution in [3.63, 3.8) is 0 Å². The number of hydrogen-bond donors (Lipinski definition) is 2. The Hall–Kier alpha value is -1.92. The zero-order valence-electron chi connectivity index (χ0n) is 15.5. The van der Waals surface area contributed by atoms with E-state index in [1.54, 1.807) is 0 Å². The molecule has 0 spiro atoms. The fraction of sp³-hybridized carbons (Fsp3) is 0.500. The lowest BCUT2D eigenvalue weighted by Crippen LogP contribution is -2.43. The maximum absolute atomic E-state index is 12.6. The van der Waals surface area contributed by atoms with Crippen LogP contribution in [0.15, 0.2) is 29.1 Å². The van der Waals surface area contributed by atoms with Crippen LogP contribution in [0.5, 0.6) is 0 Å². The molecule has 5 nitrogen and oxygen atoms in total. The van der Waals surface area contributed by atoms with Crippen LogP contribution in [0.2, 0.25) is 0 Å². The molecule has 140 valence electrons. The zero-order valence-corrected chi connectivity index (χ0v) is 16.3. The van der Waals surface area contributed by atoms with E-state index >= 15 is 0 Å². The minimum Gasteiger partial charge on any atom is -0.376 e. The smallest absolute Gasteiger partial charge is 0.253 e. The summed E-state index contributed by atoms with van der Waals surface area (Å²) < 4.78 is 5.77. The third-order valence-corrected chi connectivity index (χ3v) is 5.22. The lowest BCUT2D eigenvalue weighted by atomic mass is 10.1. The van der Waals surface area contributed by atoms with Gasteiger partial charge in [0.1, 0.15) is 0 Å². The van der Waals surface area contributed by atoms with Crippen LogP contribution in [0.4, 0.5) is 0 Å². The quantitative estimate of drug-likeness (QED) is 0.763. The zero-order chi connectivity index (χ0) is 18.5. The number of aromatic nitrogens is 1. The number of rotatable bonds is 6. The number of fused-ring (bicyclic) bond motifs is 1. The Morgan fingerprint density at radius 1 is 1.38 bits per heavy atom. The van der Waals surface area contributed by atoms with Gasteiger partial charge in [0.25, 0.3) is 5.56 Å². The highest BCUT2D eigenvalue weighted by molar-refractivity contribution is 7.80. The largest absolute Gasteiger partial charge is 0.376 e. The summed E-state index contributed by atoms with van der Waals surface area (Å²) in [4.78, 5) is 17.6. The van der Waals surface area contributed by atoms with E-state index in [1.165, 1.54) is 5.56 Å². The summed E-state index contributed by atoms with van der Waals surface area (Å²) in [5.74, 6) is 0. The highest BCUT2D eigenvalue weighted by atomic mass is 32.1. The minimum atomic E-state index is -0.0570. The second-order valence-corrected chi connectivity index (χ2v) is 7.14. The van der Waals surface area contributed by atoms with Gasteiger partial charge >= 0.3 is 0 Å². The molecule has 0 amide bonds. The van der Waals surface area contributed by atoms with Gasteiger partial charge in [0.2, 0.25) is 0 Å². The molecule has 1 aliphatic heterocycles. The molecular weight excluding hydrogens is 346 g/mol. The van der Waals surface area contributed by atoms with Crippen LogP contribution in [0.1, 0.15) is 37.8 Å². The second-order valence-electron chi connectivity index (χ2n) is 6.75. The fourth-order valence-electron chi connectivity index (χ4n) is 3.36. The van der Waals surface area contributed by atoms with Crippen molar-refractivity contribution in [2.75, 3.05) is 19.7 Å². The summed E-state index contributed by atoms with van der Waals surface area (Å²) >= 11 is 5.53. The maximum Gasteiger partial charge on any atom is 0.253 e. The lowest BCUT2D eigenvalue weighted by molar-refractivity contribution is 0.0897. The summed E-state index contributed by atoms with van der Waals surface area (Å²) in [5.41, 5.74) is 2.80. The predicted molar refractivity (Wildman–Crippen MR) is 110 cm³/mol. The van der Waals surface area contributed by atoms with E-state index in [-0.39, 0.29) is 11.7 Å². The highest BCUT2D eigenvalue weighted by Gasteiger charge is 2.21. The third kappa shape index (κ3) is 4.43. The molecule has 2 heterocycles. The summed E-state index contributed by atoms with van der Waals surface area (Å²) in [6.07, 6.45) is 3.28. The highest BCUT2D eigenvalue weighted by Crippen LogP contribution is 2.17. The number of thiocarbonyl (C=S) groups is 1. The molecule has 1 aliphatic rings. The standard InChI is InChI=1S/C20H27N3O2S/c1-3-14-7-8-18-15(10-14)11-16(19(24)22-18)12-23(20(26)21-4-2)13-17-6-5-9-25-17/h7-8,10-11,17H,3-6,9,12-13H2,1-2H3,(H,21,26)(H,22,24). The SMILES string of the molecule is CCNC(=S)N(Cc1cc2cc(CC)ccc2[nH]c1=O)CC1CCCO1. The fourth-order valence-corrected chi connectivity index (χ4v) is 3.64. The number of ether oxygens (including phenoxy) is 1. The number of pyridine rings is 1. The van der Waals surface area contributed by atoms with Crippen molar-refractivity contribution in [3.05, 3.63) is 45.7 Å². The molecule has 1 aromatic heterocycles. The topological polar surface area (TPSA) is 57.4 Å². The van der Waals surface area contributed by atoms with Crippen molar-refractivity contribution in [2.45, 2.75) is 45.8 Å². The molecule has 0 bridgehead atoms. The molecule has 1 saturated heterocycles. The summed E-state index contributed by atoms with van der Waals surface area (Å²) in [6, 6.07) is 8.17. The van der Waals surface area contributed by atoms with E-state index in [2.05, 4.69) is 34.3 Å². The van der Waals surface area contributed by atoms with Gasteiger partial charge in [-0.05, 0) is 67.6 Å². The van der Waals surface area contributed by atoms with E-state index < -0.39 is 0 Å². The predicted octanol–water partition coefficient (Wildman–Crippen LogP) is 2.97. The van der Waals surface area contributed by atoms with Gasteiger partial charge in [0.05, 0.1) is 12.6 Å². The average Bonchev–Trinajstić information content (AvgIpc) is 3.14. The van der Waals surface area contributed by atoms with Gasteiger partial charge in [0.15, 0.2) is 5.11 Å². The Morgan fingerprint density at radius 3 is 2.92 bits per heavy atom. The molecule has 2 N–H and O–H groups in total. The van der Waals surface area contributed by atoms with Gasteiger partial charge in [-0.1, -0.05) is 13.0 Å². The first kappa shape index (κ1) is 18.9. The van der Waals surface area contributed by atoms with E-state index in [0.717, 1.165) is 48.9 Å². The third-order valence-electron chi connectivity index (χ3n) is 4.82. The minimum absolute atomic E-state index is 0.0570. The summed E-state index contributed by atoms with van der Waals surface area (Å²) in [7, 11) is 0. The van der Waals surface area contributed by atoms with Crippen LogP contribution in [-0.4, -0.2) is 40.8 Å². The number of nitrogens with zero attached hydrogens (tertiary/aromatic N) is 1. The normalized spacial score (nSPS) is 16.8. The van der Waals surface area contributed by atoms with Gasteiger partial charge in [-0.15, -0.1) is 0 Å². The molecule has 1 aromatic carbocycles. The van der Waals surface area contributed by atoms with Crippen LogP contribution >= 0.6 is 12.2 Å². The molecule has 0 saturated carbocycles. The van der Waals surface area contributed by atoms with Crippen LogP contribution in [0.25, 0.3) is 10.9 Å². The molecule has 6 heteroatoms. The number of aryl methyl sites for hydroxylation is 1. The average molecular weight is 374 g/mol. The van der Waals surface area contributed by atoms with Crippen LogP contribution in [0.3, 0.4) is 0 Å². The Kier molecular flexibility index (Phi) is 6.27. The van der Waals surface area contributed by atoms with Crippen molar-refractivity contribution >= 4 is 28.2 Å². The number of nitrogens with one attached hydrogen (secondary N) is 2. The molecule has 1 atom stereocenters. The molecule has 2 aromatic rings. The number of aromatic amines is 1. The Labute approximate surface area is 159 Å². The summed E-state index contributed by atoms with van der Waals surface area (Å²) in [5, 5.41) is 4.94.